The zero-order valence-electron chi connectivity index (χ0n) is 14.6. The summed E-state index contributed by atoms with van der Waals surface area (Å²) in [6, 6.07) is 14.1. The molecule has 3 rings (SSSR count). The Hall–Kier alpha value is -2.33. The van der Waals surface area contributed by atoms with Gasteiger partial charge >= 0.3 is 0 Å². The molecule has 0 aromatic heterocycles. The normalized spacial score (nSPS) is 14.2. The van der Waals surface area contributed by atoms with Crippen molar-refractivity contribution in [3.63, 3.8) is 0 Å². The van der Waals surface area contributed by atoms with Gasteiger partial charge in [-0.2, -0.15) is 0 Å². The molecule has 1 aliphatic rings. The molecule has 0 aliphatic heterocycles. The van der Waals surface area contributed by atoms with Crippen molar-refractivity contribution in [1.82, 2.24) is 0 Å². The fourth-order valence-electron chi connectivity index (χ4n) is 3.33. The Morgan fingerprint density at radius 1 is 1.00 bits per heavy atom. The van der Waals surface area contributed by atoms with Crippen LogP contribution in [0.3, 0.4) is 0 Å². The third-order valence-corrected chi connectivity index (χ3v) is 5.12. The molecule has 1 fully saturated rings. The van der Waals surface area contributed by atoms with E-state index in [0.29, 0.717) is 28.6 Å². The first-order chi connectivity index (χ1) is 12.6. The number of rotatable bonds is 6. The Labute approximate surface area is 158 Å². The van der Waals surface area contributed by atoms with Crippen LogP contribution in [0.2, 0.25) is 5.02 Å². The van der Waals surface area contributed by atoms with Gasteiger partial charge in [0.1, 0.15) is 0 Å². The quantitative estimate of drug-likeness (QED) is 0.705. The van der Waals surface area contributed by atoms with Gasteiger partial charge in [-0.15, -0.1) is 0 Å². The summed E-state index contributed by atoms with van der Waals surface area (Å²) in [6.45, 7) is 0. The maximum atomic E-state index is 12.4. The second-order valence-electron chi connectivity index (χ2n) is 6.75. The molecule has 2 aromatic carbocycles. The van der Waals surface area contributed by atoms with Crippen LogP contribution >= 0.6 is 11.6 Å². The van der Waals surface area contributed by atoms with Crippen molar-refractivity contribution in [2.45, 2.75) is 38.5 Å². The highest BCUT2D eigenvalue weighted by atomic mass is 35.5. The lowest BCUT2D eigenvalue weighted by molar-refractivity contribution is -0.116. The molecule has 0 atom stereocenters. The molecule has 0 saturated heterocycles. The maximum absolute atomic E-state index is 12.4. The molecule has 1 aliphatic carbocycles. The van der Waals surface area contributed by atoms with Gasteiger partial charge in [0.25, 0.3) is 5.91 Å². The molecule has 136 valence electrons. The van der Waals surface area contributed by atoms with Crippen LogP contribution in [0.4, 0.5) is 11.4 Å². The number of carbonyl (C=O) groups excluding carboxylic acids is 2. The van der Waals surface area contributed by atoms with Gasteiger partial charge < -0.3 is 10.6 Å². The lowest BCUT2D eigenvalue weighted by atomic mass is 10.0. The first-order valence-corrected chi connectivity index (χ1v) is 9.45. The Bertz CT molecular complexity index is 771. The summed E-state index contributed by atoms with van der Waals surface area (Å²) in [5.41, 5.74) is 1.64. The summed E-state index contributed by atoms with van der Waals surface area (Å²) >= 11 is 6.19. The molecule has 4 nitrogen and oxygen atoms in total. The summed E-state index contributed by atoms with van der Waals surface area (Å²) in [7, 11) is 0. The van der Waals surface area contributed by atoms with Crippen molar-refractivity contribution in [2.24, 2.45) is 5.92 Å². The van der Waals surface area contributed by atoms with Crippen LogP contribution in [0.25, 0.3) is 0 Å². The smallest absolute Gasteiger partial charge is 0.255 e. The van der Waals surface area contributed by atoms with Crippen LogP contribution in [0.5, 0.6) is 0 Å². The van der Waals surface area contributed by atoms with Crippen LogP contribution in [0, 0.1) is 5.92 Å². The highest BCUT2D eigenvalue weighted by molar-refractivity contribution is 6.34. The number of hydrogen-bond donors (Lipinski definition) is 2. The number of amides is 2. The maximum Gasteiger partial charge on any atom is 0.255 e. The number of halogens is 1. The molecule has 0 heterocycles. The van der Waals surface area contributed by atoms with E-state index >= 15 is 0 Å². The molecule has 2 amide bonds. The number of anilines is 2. The standard InChI is InChI=1S/C21H23ClN2O2/c22-18-12-11-16(21(26)23-17-8-2-1-3-9-17)14-19(18)24-20(25)13-10-15-6-4-5-7-15/h1-3,8-9,11-12,14-15H,4-7,10,13H2,(H,23,26)(H,24,25). The Balaban J connectivity index is 1.61. The molecule has 2 N–H and O–H groups in total. The second kappa shape index (κ2) is 8.86. The fraction of sp³-hybridized carbons (Fsp3) is 0.333. The molecule has 0 spiro atoms. The topological polar surface area (TPSA) is 58.2 Å². The predicted molar refractivity (Wildman–Crippen MR) is 106 cm³/mol. The number of para-hydroxylation sites is 1. The highest BCUT2D eigenvalue weighted by Crippen LogP contribution is 2.29. The first kappa shape index (κ1) is 18.5. The van der Waals surface area contributed by atoms with Crippen molar-refractivity contribution in [1.29, 1.82) is 0 Å². The number of benzene rings is 2. The minimum absolute atomic E-state index is 0.0561. The number of nitrogens with one attached hydrogen (secondary N) is 2. The Morgan fingerprint density at radius 3 is 2.46 bits per heavy atom. The van der Waals surface area contributed by atoms with Gasteiger partial charge in [-0.1, -0.05) is 55.5 Å². The van der Waals surface area contributed by atoms with E-state index in [0.717, 1.165) is 12.1 Å². The monoisotopic (exact) mass is 370 g/mol. The molecule has 5 heteroatoms. The third kappa shape index (κ3) is 5.09. The van der Waals surface area contributed by atoms with Gasteiger partial charge in [0.05, 0.1) is 10.7 Å². The van der Waals surface area contributed by atoms with Gasteiger partial charge in [-0.05, 0) is 42.7 Å². The summed E-state index contributed by atoms with van der Waals surface area (Å²) in [5.74, 6) is 0.368. The fourth-order valence-corrected chi connectivity index (χ4v) is 3.50. The molecular formula is C21H23ClN2O2. The van der Waals surface area contributed by atoms with Crippen molar-refractivity contribution in [2.75, 3.05) is 10.6 Å². The van der Waals surface area contributed by atoms with E-state index in [1.165, 1.54) is 25.7 Å². The lowest BCUT2D eigenvalue weighted by Gasteiger charge is -2.12. The largest absolute Gasteiger partial charge is 0.325 e. The summed E-state index contributed by atoms with van der Waals surface area (Å²) in [5, 5.41) is 6.09. The minimum Gasteiger partial charge on any atom is -0.325 e. The van der Waals surface area contributed by atoms with Crippen LogP contribution < -0.4 is 10.6 Å². The molecule has 1 saturated carbocycles. The van der Waals surface area contributed by atoms with E-state index in [2.05, 4.69) is 10.6 Å². The van der Waals surface area contributed by atoms with Gasteiger partial charge in [-0.3, -0.25) is 9.59 Å². The van der Waals surface area contributed by atoms with Crippen LogP contribution in [-0.2, 0) is 4.79 Å². The van der Waals surface area contributed by atoms with Gasteiger partial charge in [-0.25, -0.2) is 0 Å². The molecule has 0 radical (unpaired) electrons. The van der Waals surface area contributed by atoms with Crippen molar-refractivity contribution in [3.8, 4) is 0 Å². The van der Waals surface area contributed by atoms with Crippen molar-refractivity contribution >= 4 is 34.8 Å². The van der Waals surface area contributed by atoms with E-state index in [9.17, 15) is 9.59 Å². The van der Waals surface area contributed by atoms with E-state index in [-0.39, 0.29) is 11.8 Å². The molecular weight excluding hydrogens is 348 g/mol. The van der Waals surface area contributed by atoms with E-state index in [1.807, 2.05) is 30.3 Å². The number of hydrogen-bond acceptors (Lipinski definition) is 2. The zero-order valence-corrected chi connectivity index (χ0v) is 15.4. The van der Waals surface area contributed by atoms with Crippen LogP contribution in [0.1, 0.15) is 48.9 Å². The Morgan fingerprint density at radius 2 is 1.73 bits per heavy atom. The van der Waals surface area contributed by atoms with E-state index in [1.54, 1.807) is 18.2 Å². The van der Waals surface area contributed by atoms with Crippen molar-refractivity contribution in [3.05, 3.63) is 59.1 Å². The molecule has 0 bridgehead atoms. The SMILES string of the molecule is O=C(CCC1CCCC1)Nc1cc(C(=O)Nc2ccccc2)ccc1Cl. The van der Waals surface area contributed by atoms with Gasteiger partial charge in [0.2, 0.25) is 5.91 Å². The predicted octanol–water partition coefficient (Wildman–Crippen LogP) is 5.50. The van der Waals surface area contributed by atoms with Gasteiger partial charge in [0, 0.05) is 17.7 Å². The summed E-state index contributed by atoms with van der Waals surface area (Å²) < 4.78 is 0. The van der Waals surface area contributed by atoms with Gasteiger partial charge in [0.15, 0.2) is 0 Å². The van der Waals surface area contributed by atoms with Crippen LogP contribution in [0.15, 0.2) is 48.5 Å². The average Bonchev–Trinajstić information content (AvgIpc) is 3.16. The lowest BCUT2D eigenvalue weighted by Crippen LogP contribution is -2.15. The summed E-state index contributed by atoms with van der Waals surface area (Å²) in [4.78, 5) is 24.6. The Kier molecular flexibility index (Phi) is 6.29. The summed E-state index contributed by atoms with van der Waals surface area (Å²) in [6.07, 6.45) is 6.40. The molecule has 0 unspecified atom stereocenters. The van der Waals surface area contributed by atoms with E-state index in [4.69, 9.17) is 11.6 Å². The zero-order chi connectivity index (χ0) is 18.4. The van der Waals surface area contributed by atoms with Crippen LogP contribution in [-0.4, -0.2) is 11.8 Å². The highest BCUT2D eigenvalue weighted by Gasteiger charge is 2.17. The van der Waals surface area contributed by atoms with Crippen molar-refractivity contribution < 1.29 is 9.59 Å². The average molecular weight is 371 g/mol. The number of carbonyl (C=O) groups is 2. The second-order valence-corrected chi connectivity index (χ2v) is 7.16. The molecule has 2 aromatic rings. The van der Waals surface area contributed by atoms with E-state index < -0.39 is 0 Å². The first-order valence-electron chi connectivity index (χ1n) is 9.07. The molecule has 26 heavy (non-hydrogen) atoms. The third-order valence-electron chi connectivity index (χ3n) is 4.79. The minimum atomic E-state index is -0.241.